The van der Waals surface area contributed by atoms with E-state index in [1.807, 2.05) is 6.92 Å². The Hall–Kier alpha value is -1.51. The number of rotatable bonds is 4. The number of nitro groups is 1. The molecule has 1 aromatic rings. The molecule has 1 N–H and O–H groups in total. The van der Waals surface area contributed by atoms with Crippen LogP contribution in [0.2, 0.25) is 0 Å². The summed E-state index contributed by atoms with van der Waals surface area (Å²) < 4.78 is 28.1. The Kier molecular flexibility index (Phi) is 4.39. The van der Waals surface area contributed by atoms with Gasteiger partial charge in [0, 0.05) is 30.8 Å². The Labute approximate surface area is 135 Å². The van der Waals surface area contributed by atoms with Gasteiger partial charge in [-0.25, -0.2) is 8.42 Å². The first-order valence-electron chi connectivity index (χ1n) is 7.96. The molecule has 2 fully saturated rings. The molecule has 1 aromatic carbocycles. The fourth-order valence-electron chi connectivity index (χ4n) is 3.63. The quantitative estimate of drug-likeness (QED) is 0.665. The van der Waals surface area contributed by atoms with Crippen LogP contribution in [0, 0.1) is 10.1 Å². The third-order valence-corrected chi connectivity index (χ3v) is 6.87. The number of nitrogens with one attached hydrogen (secondary N) is 1. The summed E-state index contributed by atoms with van der Waals surface area (Å²) in [6, 6.07) is 4.08. The maximum Gasteiger partial charge on any atom is 0.270 e. The van der Waals surface area contributed by atoms with Crippen molar-refractivity contribution < 1.29 is 13.3 Å². The molecule has 2 aliphatic rings. The molecule has 3 rings (SSSR count). The van der Waals surface area contributed by atoms with Crippen LogP contribution < -0.4 is 5.32 Å². The molecule has 0 aliphatic carbocycles. The summed E-state index contributed by atoms with van der Waals surface area (Å²) in [7, 11) is -3.73. The highest BCUT2D eigenvalue weighted by Gasteiger charge is 2.43. The fourth-order valence-corrected chi connectivity index (χ4v) is 5.85. The Morgan fingerprint density at radius 1 is 1.30 bits per heavy atom. The average molecular weight is 339 g/mol. The molecular formula is C15H21N3O4S. The van der Waals surface area contributed by atoms with Crippen LogP contribution in [0.5, 0.6) is 0 Å². The molecule has 0 saturated carbocycles. The van der Waals surface area contributed by atoms with Gasteiger partial charge in [-0.15, -0.1) is 0 Å². The Morgan fingerprint density at radius 3 is 2.74 bits per heavy atom. The van der Waals surface area contributed by atoms with Crippen molar-refractivity contribution in [2.45, 2.75) is 49.6 Å². The van der Waals surface area contributed by atoms with Gasteiger partial charge >= 0.3 is 0 Å². The third kappa shape index (κ3) is 2.86. The number of hydrogen-bond acceptors (Lipinski definition) is 5. The van der Waals surface area contributed by atoms with Gasteiger partial charge < -0.3 is 5.32 Å². The molecule has 0 spiro atoms. The zero-order valence-electron chi connectivity index (χ0n) is 13.1. The maximum absolute atomic E-state index is 13.2. The van der Waals surface area contributed by atoms with Gasteiger partial charge in [0.05, 0.1) is 9.82 Å². The lowest BCUT2D eigenvalue weighted by Gasteiger charge is -2.27. The summed E-state index contributed by atoms with van der Waals surface area (Å²) in [5.41, 5.74) is 0.452. The van der Waals surface area contributed by atoms with Crippen molar-refractivity contribution in [2.24, 2.45) is 0 Å². The lowest BCUT2D eigenvalue weighted by atomic mass is 10.1. The lowest BCUT2D eigenvalue weighted by molar-refractivity contribution is -0.385. The highest BCUT2D eigenvalue weighted by Crippen LogP contribution is 2.35. The first-order chi connectivity index (χ1) is 10.9. The number of hydrogen-bond donors (Lipinski definition) is 1. The standard InChI is InChI=1S/C15H21N3O4S/c1-2-11-3-4-13(18(19)20)9-15(11)23(21,22)17-12-5-6-14(17)10-16-8-7-12/h3-4,9,12,14,16H,2,5-8,10H2,1H3. The van der Waals surface area contributed by atoms with E-state index >= 15 is 0 Å². The molecule has 8 heteroatoms. The second kappa shape index (κ2) is 6.18. The van der Waals surface area contributed by atoms with Gasteiger partial charge in [-0.3, -0.25) is 10.1 Å². The Balaban J connectivity index is 2.08. The van der Waals surface area contributed by atoms with Gasteiger partial charge in [-0.05, 0) is 37.8 Å². The van der Waals surface area contributed by atoms with Gasteiger partial charge in [-0.1, -0.05) is 13.0 Å². The van der Waals surface area contributed by atoms with Crippen LogP contribution in [0.1, 0.15) is 31.7 Å². The maximum atomic E-state index is 13.2. The largest absolute Gasteiger partial charge is 0.315 e. The molecule has 2 atom stereocenters. The third-order valence-electron chi connectivity index (χ3n) is 4.79. The summed E-state index contributed by atoms with van der Waals surface area (Å²) in [6.07, 6.45) is 3.01. The normalized spacial score (nSPS) is 25.3. The van der Waals surface area contributed by atoms with E-state index in [9.17, 15) is 18.5 Å². The molecule has 0 aromatic heterocycles. The first kappa shape index (κ1) is 16.4. The molecule has 2 heterocycles. The monoisotopic (exact) mass is 339 g/mol. The fraction of sp³-hybridized carbons (Fsp3) is 0.600. The summed E-state index contributed by atoms with van der Waals surface area (Å²) in [4.78, 5) is 10.6. The van der Waals surface area contributed by atoms with Gasteiger partial charge in [0.2, 0.25) is 10.0 Å². The first-order valence-corrected chi connectivity index (χ1v) is 9.40. The number of benzene rings is 1. The van der Waals surface area contributed by atoms with Crippen LogP contribution in [0.25, 0.3) is 0 Å². The molecule has 126 valence electrons. The van der Waals surface area contributed by atoms with Crippen LogP contribution in [0.4, 0.5) is 5.69 Å². The number of nitro benzene ring substituents is 1. The number of aryl methyl sites for hydroxylation is 1. The molecule has 7 nitrogen and oxygen atoms in total. The zero-order valence-corrected chi connectivity index (χ0v) is 13.9. The van der Waals surface area contributed by atoms with E-state index in [1.54, 1.807) is 10.4 Å². The van der Waals surface area contributed by atoms with Crippen molar-refractivity contribution in [2.75, 3.05) is 13.1 Å². The van der Waals surface area contributed by atoms with Crippen molar-refractivity contribution in [3.63, 3.8) is 0 Å². The topological polar surface area (TPSA) is 92.5 Å². The van der Waals surface area contributed by atoms with Crippen molar-refractivity contribution in [1.29, 1.82) is 0 Å². The van der Waals surface area contributed by atoms with Crippen LogP contribution in [-0.2, 0) is 16.4 Å². The van der Waals surface area contributed by atoms with Crippen molar-refractivity contribution in [3.05, 3.63) is 33.9 Å². The Bertz CT molecular complexity index is 705. The molecule has 2 aliphatic heterocycles. The van der Waals surface area contributed by atoms with Crippen LogP contribution in [-0.4, -0.2) is 42.8 Å². The average Bonchev–Trinajstić information content (AvgIpc) is 2.80. The van der Waals surface area contributed by atoms with Crippen molar-refractivity contribution >= 4 is 15.7 Å². The minimum Gasteiger partial charge on any atom is -0.315 e. The second-order valence-corrected chi connectivity index (χ2v) is 7.93. The number of sulfonamides is 1. The molecule has 0 radical (unpaired) electrons. The highest BCUT2D eigenvalue weighted by atomic mass is 32.2. The van der Waals surface area contributed by atoms with Crippen molar-refractivity contribution in [1.82, 2.24) is 9.62 Å². The van der Waals surface area contributed by atoms with E-state index in [1.165, 1.54) is 12.1 Å². The molecule has 23 heavy (non-hydrogen) atoms. The highest BCUT2D eigenvalue weighted by molar-refractivity contribution is 7.89. The summed E-state index contributed by atoms with van der Waals surface area (Å²) in [6.45, 7) is 3.31. The van der Waals surface area contributed by atoms with Crippen LogP contribution >= 0.6 is 0 Å². The van der Waals surface area contributed by atoms with E-state index in [2.05, 4.69) is 5.32 Å². The number of fused-ring (bicyclic) bond motifs is 2. The zero-order chi connectivity index (χ0) is 16.6. The van der Waals surface area contributed by atoms with E-state index in [0.29, 0.717) is 18.5 Å². The molecule has 2 saturated heterocycles. The second-order valence-electron chi connectivity index (χ2n) is 6.12. The smallest absolute Gasteiger partial charge is 0.270 e. The summed E-state index contributed by atoms with van der Waals surface area (Å²) >= 11 is 0. The van der Waals surface area contributed by atoms with Gasteiger partial charge in [0.15, 0.2) is 0 Å². The minimum atomic E-state index is -3.73. The predicted molar refractivity (Wildman–Crippen MR) is 85.8 cm³/mol. The molecule has 0 amide bonds. The van der Waals surface area contributed by atoms with E-state index in [0.717, 1.165) is 25.8 Å². The van der Waals surface area contributed by atoms with Crippen LogP contribution in [0.3, 0.4) is 0 Å². The van der Waals surface area contributed by atoms with E-state index in [4.69, 9.17) is 0 Å². The molecular weight excluding hydrogens is 318 g/mol. The van der Waals surface area contributed by atoms with Gasteiger partial charge in [0.25, 0.3) is 5.69 Å². The summed E-state index contributed by atoms with van der Waals surface area (Å²) in [5.74, 6) is 0. The number of non-ortho nitro benzene ring substituents is 1. The van der Waals surface area contributed by atoms with Gasteiger partial charge in [-0.2, -0.15) is 4.31 Å². The Morgan fingerprint density at radius 2 is 2.04 bits per heavy atom. The predicted octanol–water partition coefficient (Wildman–Crippen LogP) is 1.67. The molecule has 2 bridgehead atoms. The van der Waals surface area contributed by atoms with Crippen LogP contribution in [0.15, 0.2) is 23.1 Å². The van der Waals surface area contributed by atoms with Crippen molar-refractivity contribution in [3.8, 4) is 0 Å². The van der Waals surface area contributed by atoms with E-state index < -0.39 is 14.9 Å². The summed E-state index contributed by atoms with van der Waals surface area (Å²) in [5, 5.41) is 14.3. The van der Waals surface area contributed by atoms with Gasteiger partial charge in [0.1, 0.15) is 0 Å². The minimum absolute atomic E-state index is 0.0102. The molecule has 2 unspecified atom stereocenters. The van der Waals surface area contributed by atoms with E-state index in [-0.39, 0.29) is 22.7 Å². The number of nitrogens with zero attached hydrogens (tertiary/aromatic N) is 2. The lowest BCUT2D eigenvalue weighted by Crippen LogP contribution is -2.42. The SMILES string of the molecule is CCc1ccc([N+](=O)[O-])cc1S(=O)(=O)N1C2CCNCC1CC2.